The van der Waals surface area contributed by atoms with Crippen molar-refractivity contribution >= 4 is 17.8 Å². The van der Waals surface area contributed by atoms with Crippen LogP contribution in [0.4, 0.5) is 0 Å². The largest absolute Gasteiger partial charge is 0.368 e. The molecule has 1 heterocycles. The van der Waals surface area contributed by atoms with Crippen molar-refractivity contribution in [1.29, 1.82) is 0 Å². The molecule has 20 heavy (non-hydrogen) atoms. The first-order chi connectivity index (χ1) is 9.74. The summed E-state index contributed by atoms with van der Waals surface area (Å²) in [6, 6.07) is 17.5. The summed E-state index contributed by atoms with van der Waals surface area (Å²) < 4.78 is 0. The van der Waals surface area contributed by atoms with Crippen LogP contribution in [0, 0.1) is 6.92 Å². The molecule has 0 unspecified atom stereocenters. The molecule has 0 saturated heterocycles. The predicted octanol–water partition coefficient (Wildman–Crippen LogP) is 3.34. The fourth-order valence-corrected chi connectivity index (χ4v) is 2.04. The van der Waals surface area contributed by atoms with E-state index >= 15 is 0 Å². The van der Waals surface area contributed by atoms with E-state index in [1.165, 1.54) is 5.56 Å². The van der Waals surface area contributed by atoms with Gasteiger partial charge in [0.05, 0.1) is 5.57 Å². The van der Waals surface area contributed by atoms with E-state index in [4.69, 9.17) is 4.84 Å². The monoisotopic (exact) mass is 263 g/mol. The molecule has 0 atom stereocenters. The number of carbonyl (C=O) groups excluding carboxylic acids is 1. The molecular weight excluding hydrogens is 250 g/mol. The van der Waals surface area contributed by atoms with Crippen LogP contribution in [-0.4, -0.2) is 11.7 Å². The van der Waals surface area contributed by atoms with E-state index in [9.17, 15) is 4.79 Å². The van der Waals surface area contributed by atoms with Crippen molar-refractivity contribution in [2.45, 2.75) is 6.92 Å². The maximum atomic E-state index is 11.8. The molecule has 1 aliphatic rings. The molecule has 0 N–H and O–H groups in total. The average molecular weight is 263 g/mol. The number of carbonyl (C=O) groups is 1. The zero-order valence-electron chi connectivity index (χ0n) is 11.0. The second kappa shape index (κ2) is 5.13. The van der Waals surface area contributed by atoms with E-state index in [1.54, 1.807) is 6.08 Å². The van der Waals surface area contributed by atoms with Crippen LogP contribution in [-0.2, 0) is 9.63 Å². The lowest BCUT2D eigenvalue weighted by atomic mass is 10.0. The van der Waals surface area contributed by atoms with Crippen LogP contribution >= 0.6 is 0 Å². The summed E-state index contributed by atoms with van der Waals surface area (Å²) in [4.78, 5) is 16.6. The van der Waals surface area contributed by atoms with Gasteiger partial charge in [0, 0.05) is 5.56 Å². The molecule has 3 rings (SSSR count). The minimum Gasteiger partial charge on any atom is -0.312 e. The van der Waals surface area contributed by atoms with Crippen LogP contribution in [0.25, 0.3) is 6.08 Å². The minimum atomic E-state index is -0.413. The third kappa shape index (κ3) is 2.38. The Hall–Kier alpha value is -2.68. The van der Waals surface area contributed by atoms with Gasteiger partial charge in [-0.1, -0.05) is 65.3 Å². The van der Waals surface area contributed by atoms with Crippen molar-refractivity contribution in [3.63, 3.8) is 0 Å². The van der Waals surface area contributed by atoms with Crippen LogP contribution < -0.4 is 0 Å². The minimum absolute atomic E-state index is 0.413. The Morgan fingerprint density at radius 1 is 1.00 bits per heavy atom. The van der Waals surface area contributed by atoms with Crippen LogP contribution in [0.3, 0.4) is 0 Å². The maximum Gasteiger partial charge on any atom is 0.368 e. The highest BCUT2D eigenvalue weighted by molar-refractivity contribution is 6.31. The zero-order valence-corrected chi connectivity index (χ0v) is 11.0. The van der Waals surface area contributed by atoms with Gasteiger partial charge in [-0.05, 0) is 18.6 Å². The topological polar surface area (TPSA) is 38.7 Å². The second-order valence-corrected chi connectivity index (χ2v) is 4.65. The summed E-state index contributed by atoms with van der Waals surface area (Å²) in [6.45, 7) is 2.03. The normalized spacial score (nSPS) is 16.1. The Balaban J connectivity index is 2.00. The van der Waals surface area contributed by atoms with Gasteiger partial charge in [-0.2, -0.15) is 0 Å². The smallest absolute Gasteiger partial charge is 0.312 e. The lowest BCUT2D eigenvalue weighted by Gasteiger charge is -2.00. The van der Waals surface area contributed by atoms with E-state index in [2.05, 4.69) is 5.16 Å². The fraction of sp³-hybridized carbons (Fsp3) is 0.0588. The number of rotatable bonds is 2. The van der Waals surface area contributed by atoms with Gasteiger partial charge in [0.25, 0.3) is 0 Å². The van der Waals surface area contributed by atoms with Crippen LogP contribution in [0.2, 0.25) is 0 Å². The van der Waals surface area contributed by atoms with E-state index in [1.807, 2.05) is 61.5 Å². The number of nitrogens with zero attached hydrogens (tertiary/aromatic N) is 1. The fourth-order valence-electron chi connectivity index (χ4n) is 2.04. The third-order valence-corrected chi connectivity index (χ3v) is 3.13. The predicted molar refractivity (Wildman–Crippen MR) is 78.2 cm³/mol. The summed E-state index contributed by atoms with van der Waals surface area (Å²) in [5, 5.41) is 3.88. The molecule has 0 aromatic heterocycles. The van der Waals surface area contributed by atoms with Crippen molar-refractivity contribution < 1.29 is 9.63 Å². The molecule has 0 radical (unpaired) electrons. The highest BCUT2D eigenvalue weighted by Crippen LogP contribution is 2.20. The molecule has 2 aromatic rings. The van der Waals surface area contributed by atoms with Gasteiger partial charge < -0.3 is 4.84 Å². The Labute approximate surface area is 117 Å². The van der Waals surface area contributed by atoms with E-state index in [0.717, 1.165) is 11.1 Å². The maximum absolute atomic E-state index is 11.8. The lowest BCUT2D eigenvalue weighted by Crippen LogP contribution is -2.06. The quantitative estimate of drug-likeness (QED) is 0.615. The second-order valence-electron chi connectivity index (χ2n) is 4.65. The van der Waals surface area contributed by atoms with Gasteiger partial charge in [-0.15, -0.1) is 0 Å². The molecule has 98 valence electrons. The number of benzene rings is 2. The molecule has 0 amide bonds. The highest BCUT2D eigenvalue weighted by Gasteiger charge is 2.26. The molecule has 0 saturated carbocycles. The molecule has 1 aliphatic heterocycles. The Bertz CT molecular complexity index is 698. The van der Waals surface area contributed by atoms with Gasteiger partial charge in [0.2, 0.25) is 0 Å². The molecule has 0 fully saturated rings. The van der Waals surface area contributed by atoms with Crippen LogP contribution in [0.15, 0.2) is 65.3 Å². The van der Waals surface area contributed by atoms with E-state index < -0.39 is 5.97 Å². The van der Waals surface area contributed by atoms with Gasteiger partial charge in [0.15, 0.2) is 0 Å². The van der Waals surface area contributed by atoms with E-state index in [0.29, 0.717) is 11.3 Å². The van der Waals surface area contributed by atoms with Gasteiger partial charge in [-0.3, -0.25) is 0 Å². The molecule has 0 spiro atoms. The first kappa shape index (κ1) is 12.4. The SMILES string of the molecule is Cc1ccc(/C=C2\C(=O)ON=C2c2ccccc2)cc1. The molecule has 0 bridgehead atoms. The van der Waals surface area contributed by atoms with E-state index in [-0.39, 0.29) is 0 Å². The molecule has 2 aromatic carbocycles. The summed E-state index contributed by atoms with van der Waals surface area (Å²) in [5.74, 6) is -0.413. The summed E-state index contributed by atoms with van der Waals surface area (Å²) >= 11 is 0. The van der Waals surface area contributed by atoms with Crippen molar-refractivity contribution in [1.82, 2.24) is 0 Å². The number of oxime groups is 1. The average Bonchev–Trinajstić information content (AvgIpc) is 2.84. The van der Waals surface area contributed by atoms with Crippen molar-refractivity contribution in [3.05, 3.63) is 76.9 Å². The Morgan fingerprint density at radius 3 is 2.40 bits per heavy atom. The molecule has 3 nitrogen and oxygen atoms in total. The summed E-state index contributed by atoms with van der Waals surface area (Å²) in [6.07, 6.45) is 1.81. The number of aryl methyl sites for hydroxylation is 1. The van der Waals surface area contributed by atoms with Crippen molar-refractivity contribution in [3.8, 4) is 0 Å². The summed E-state index contributed by atoms with van der Waals surface area (Å²) in [7, 11) is 0. The lowest BCUT2D eigenvalue weighted by molar-refractivity contribution is -0.136. The highest BCUT2D eigenvalue weighted by atomic mass is 16.7. The zero-order chi connectivity index (χ0) is 13.9. The first-order valence-electron chi connectivity index (χ1n) is 6.37. The van der Waals surface area contributed by atoms with Crippen molar-refractivity contribution in [2.24, 2.45) is 5.16 Å². The molecule has 3 heteroatoms. The van der Waals surface area contributed by atoms with Gasteiger partial charge in [-0.25, -0.2) is 4.79 Å². The third-order valence-electron chi connectivity index (χ3n) is 3.13. The van der Waals surface area contributed by atoms with Gasteiger partial charge >= 0.3 is 5.97 Å². The van der Waals surface area contributed by atoms with Crippen LogP contribution in [0.1, 0.15) is 16.7 Å². The van der Waals surface area contributed by atoms with Crippen LogP contribution in [0.5, 0.6) is 0 Å². The number of hydrogen-bond acceptors (Lipinski definition) is 3. The first-order valence-corrected chi connectivity index (χ1v) is 6.37. The standard InChI is InChI=1S/C17H13NO2/c1-12-7-9-13(10-8-12)11-15-16(18-20-17(15)19)14-5-3-2-4-6-14/h2-11H,1H3/b15-11-. The molecule has 0 aliphatic carbocycles. The number of hydrogen-bond donors (Lipinski definition) is 0. The Kier molecular flexibility index (Phi) is 3.17. The Morgan fingerprint density at radius 2 is 1.70 bits per heavy atom. The van der Waals surface area contributed by atoms with Gasteiger partial charge in [0.1, 0.15) is 5.71 Å². The van der Waals surface area contributed by atoms with Crippen molar-refractivity contribution in [2.75, 3.05) is 0 Å². The molecular formula is C17H13NO2. The summed E-state index contributed by atoms with van der Waals surface area (Å²) in [5.41, 5.74) is 4.07.